The third-order valence-corrected chi connectivity index (χ3v) is 8.06. The molecule has 0 amide bonds. The number of aliphatic hydroxyl groups excluding tert-OH is 2. The second-order valence-corrected chi connectivity index (χ2v) is 11.3. The van der Waals surface area contributed by atoms with E-state index in [4.69, 9.17) is 24.7 Å². The molecule has 0 saturated carbocycles. The molecular weight excluding hydrogens is 550 g/mol. The lowest BCUT2D eigenvalue weighted by atomic mass is 9.78. The summed E-state index contributed by atoms with van der Waals surface area (Å²) in [6, 6.07) is 26.9. The zero-order valence-electron chi connectivity index (χ0n) is 24.1. The quantitative estimate of drug-likeness (QED) is 0.291. The van der Waals surface area contributed by atoms with Gasteiger partial charge in [0.1, 0.15) is 30.5 Å². The highest BCUT2D eigenvalue weighted by atomic mass is 16.7. The summed E-state index contributed by atoms with van der Waals surface area (Å²) >= 11 is 0. The Bertz CT molecular complexity index is 1320. The molecule has 9 heteroatoms. The number of Topliss-reactive ketones (excluding diaryl/α,β-unsaturated/α-hetero) is 2. The van der Waals surface area contributed by atoms with Crippen molar-refractivity contribution in [3.05, 3.63) is 108 Å². The highest BCUT2D eigenvalue weighted by Crippen LogP contribution is 2.34. The van der Waals surface area contributed by atoms with Gasteiger partial charge in [0.25, 0.3) is 0 Å². The maximum atomic E-state index is 14.1. The summed E-state index contributed by atoms with van der Waals surface area (Å²) in [6.45, 7) is 1.82. The molecule has 9 atom stereocenters. The standard InChI is InChI=1S/C34H39NO8/c1-21(36)27-20-41-34(42-27)28(35)29(38)32-25(17-22-11-5-2-6-12-22)31(40-19-24-15-9-4-10-16-24)30(39)33(43-32)26(37)18-23-13-7-3-8-14-23/h2-16,21,25,27-28,30-34,36,39H,17-20,35H2,1H3/t21?,25?,27?,28-,30?,31?,32?,33-,34?/m0/s1. The Morgan fingerprint density at radius 3 is 2.05 bits per heavy atom. The van der Waals surface area contributed by atoms with Crippen molar-refractivity contribution >= 4 is 11.6 Å². The lowest BCUT2D eigenvalue weighted by Gasteiger charge is -2.44. The Kier molecular flexibility index (Phi) is 10.5. The Morgan fingerprint density at radius 1 is 0.884 bits per heavy atom. The van der Waals surface area contributed by atoms with E-state index in [0.717, 1.165) is 16.7 Å². The summed E-state index contributed by atoms with van der Waals surface area (Å²) in [5.41, 5.74) is 8.95. The fourth-order valence-corrected chi connectivity index (χ4v) is 5.68. The van der Waals surface area contributed by atoms with Crippen LogP contribution in [0.4, 0.5) is 0 Å². The van der Waals surface area contributed by atoms with Gasteiger partial charge in [-0.2, -0.15) is 0 Å². The molecule has 0 spiro atoms. The first-order valence-electron chi connectivity index (χ1n) is 14.7. The summed E-state index contributed by atoms with van der Waals surface area (Å²) < 4.78 is 24.0. The van der Waals surface area contributed by atoms with Crippen molar-refractivity contribution in [1.29, 1.82) is 0 Å². The highest BCUT2D eigenvalue weighted by molar-refractivity contribution is 5.91. The second-order valence-electron chi connectivity index (χ2n) is 11.3. The zero-order chi connectivity index (χ0) is 30.3. The Hall–Kier alpha value is -3.28. The van der Waals surface area contributed by atoms with E-state index in [1.54, 1.807) is 6.92 Å². The van der Waals surface area contributed by atoms with Crippen molar-refractivity contribution in [2.24, 2.45) is 11.7 Å². The molecule has 5 rings (SSSR count). The predicted octanol–water partition coefficient (Wildman–Crippen LogP) is 2.39. The minimum Gasteiger partial charge on any atom is -0.391 e. The van der Waals surface area contributed by atoms with E-state index in [1.807, 2.05) is 91.0 Å². The fraction of sp³-hybridized carbons (Fsp3) is 0.412. The lowest BCUT2D eigenvalue weighted by molar-refractivity contribution is -0.217. The van der Waals surface area contributed by atoms with Gasteiger partial charge in [-0.25, -0.2) is 0 Å². The first-order chi connectivity index (χ1) is 20.8. The van der Waals surface area contributed by atoms with E-state index < -0.39 is 60.7 Å². The number of carbonyl (C=O) groups excluding carboxylic acids is 2. The molecular formula is C34H39NO8. The summed E-state index contributed by atoms with van der Waals surface area (Å²) in [4.78, 5) is 27.7. The van der Waals surface area contributed by atoms with E-state index in [2.05, 4.69) is 0 Å². The number of carbonyl (C=O) groups is 2. The number of ketones is 2. The topological polar surface area (TPSA) is 138 Å². The molecule has 0 radical (unpaired) electrons. The highest BCUT2D eigenvalue weighted by Gasteiger charge is 2.52. The van der Waals surface area contributed by atoms with Crippen molar-refractivity contribution in [2.75, 3.05) is 6.61 Å². The van der Waals surface area contributed by atoms with Crippen molar-refractivity contribution in [3.63, 3.8) is 0 Å². The van der Waals surface area contributed by atoms with Gasteiger partial charge in [0.05, 0.1) is 25.4 Å². The Morgan fingerprint density at radius 2 is 1.47 bits per heavy atom. The SMILES string of the molecule is CC(O)C1COC([C@@H](N)C(=O)C2O[C@@H](C(=O)Cc3ccccc3)C(O)C(OCc3ccccc3)C2Cc2ccccc2)O1. The van der Waals surface area contributed by atoms with Crippen LogP contribution in [0.5, 0.6) is 0 Å². The Balaban J connectivity index is 1.46. The maximum Gasteiger partial charge on any atom is 0.183 e. The van der Waals surface area contributed by atoms with Crippen LogP contribution in [0.3, 0.4) is 0 Å². The number of ether oxygens (including phenoxy) is 4. The van der Waals surface area contributed by atoms with Gasteiger partial charge in [0.2, 0.25) is 0 Å². The predicted molar refractivity (Wildman–Crippen MR) is 158 cm³/mol. The van der Waals surface area contributed by atoms with Gasteiger partial charge in [-0.05, 0) is 30.0 Å². The van der Waals surface area contributed by atoms with Gasteiger partial charge in [0.15, 0.2) is 17.9 Å². The van der Waals surface area contributed by atoms with E-state index in [9.17, 15) is 19.8 Å². The monoisotopic (exact) mass is 589 g/mol. The van der Waals surface area contributed by atoms with Gasteiger partial charge < -0.3 is 34.9 Å². The van der Waals surface area contributed by atoms with Gasteiger partial charge in [0, 0.05) is 12.3 Å². The average molecular weight is 590 g/mol. The van der Waals surface area contributed by atoms with E-state index in [-0.39, 0.29) is 25.4 Å². The number of benzene rings is 3. The van der Waals surface area contributed by atoms with Crippen LogP contribution in [0.1, 0.15) is 23.6 Å². The number of rotatable bonds is 12. The maximum absolute atomic E-state index is 14.1. The van der Waals surface area contributed by atoms with Gasteiger partial charge >= 0.3 is 0 Å². The largest absolute Gasteiger partial charge is 0.391 e. The average Bonchev–Trinajstić information content (AvgIpc) is 3.53. The number of hydrogen-bond donors (Lipinski definition) is 3. The zero-order valence-corrected chi connectivity index (χ0v) is 24.1. The van der Waals surface area contributed by atoms with Crippen molar-refractivity contribution in [3.8, 4) is 0 Å². The fourth-order valence-electron chi connectivity index (χ4n) is 5.68. The summed E-state index contributed by atoms with van der Waals surface area (Å²) in [5, 5.41) is 21.6. The summed E-state index contributed by atoms with van der Waals surface area (Å²) in [7, 11) is 0. The second kappa shape index (κ2) is 14.5. The molecule has 228 valence electrons. The molecule has 4 N–H and O–H groups in total. The van der Waals surface area contributed by atoms with Crippen molar-refractivity contribution in [1.82, 2.24) is 0 Å². The van der Waals surface area contributed by atoms with Crippen LogP contribution in [-0.2, 0) is 48.0 Å². The van der Waals surface area contributed by atoms with Crippen molar-refractivity contribution in [2.45, 2.75) is 75.3 Å². The molecule has 9 nitrogen and oxygen atoms in total. The summed E-state index contributed by atoms with van der Waals surface area (Å²) in [5.74, 6) is -1.59. The molecule has 43 heavy (non-hydrogen) atoms. The molecule has 3 aromatic rings. The molecule has 0 aliphatic carbocycles. The van der Waals surface area contributed by atoms with Crippen LogP contribution < -0.4 is 5.73 Å². The minimum atomic E-state index is -1.34. The number of nitrogens with two attached hydrogens (primary N) is 1. The van der Waals surface area contributed by atoms with Crippen LogP contribution in [0.25, 0.3) is 0 Å². The van der Waals surface area contributed by atoms with Gasteiger partial charge in [-0.15, -0.1) is 0 Å². The molecule has 2 fully saturated rings. The molecule has 2 aliphatic heterocycles. The van der Waals surface area contributed by atoms with Crippen LogP contribution >= 0.6 is 0 Å². The Labute approximate surface area is 251 Å². The van der Waals surface area contributed by atoms with Gasteiger partial charge in [-0.3, -0.25) is 9.59 Å². The third kappa shape index (κ3) is 7.63. The third-order valence-electron chi connectivity index (χ3n) is 8.06. The van der Waals surface area contributed by atoms with Crippen LogP contribution in [0, 0.1) is 5.92 Å². The van der Waals surface area contributed by atoms with Crippen LogP contribution in [0.15, 0.2) is 91.0 Å². The molecule has 2 heterocycles. The molecule has 7 unspecified atom stereocenters. The molecule has 2 saturated heterocycles. The summed E-state index contributed by atoms with van der Waals surface area (Å²) in [6.07, 6.45) is -7.01. The smallest absolute Gasteiger partial charge is 0.183 e. The minimum absolute atomic E-state index is 0.00913. The van der Waals surface area contributed by atoms with E-state index >= 15 is 0 Å². The van der Waals surface area contributed by atoms with Gasteiger partial charge in [-0.1, -0.05) is 91.0 Å². The van der Waals surface area contributed by atoms with E-state index in [0.29, 0.717) is 6.42 Å². The van der Waals surface area contributed by atoms with Crippen molar-refractivity contribution < 1.29 is 38.7 Å². The first kappa shape index (κ1) is 31.2. The molecule has 2 aliphatic rings. The van der Waals surface area contributed by atoms with Crippen LogP contribution in [-0.4, -0.2) is 77.3 Å². The van der Waals surface area contributed by atoms with Crippen LogP contribution in [0.2, 0.25) is 0 Å². The number of hydrogen-bond acceptors (Lipinski definition) is 9. The lowest BCUT2D eigenvalue weighted by Crippen LogP contribution is -2.63. The molecule has 0 aromatic heterocycles. The number of aliphatic hydroxyl groups is 2. The normalized spacial score (nSPS) is 28.7. The molecule has 0 bridgehead atoms. The van der Waals surface area contributed by atoms with E-state index in [1.165, 1.54) is 0 Å². The first-order valence-corrected chi connectivity index (χ1v) is 14.7. The molecule has 3 aromatic carbocycles.